The molecule has 0 atom stereocenters. The van der Waals surface area contributed by atoms with E-state index in [1.54, 1.807) is 24.3 Å². The minimum absolute atomic E-state index is 0.226. The predicted molar refractivity (Wildman–Crippen MR) is 125 cm³/mol. The van der Waals surface area contributed by atoms with Gasteiger partial charge in [0.2, 0.25) is 0 Å². The summed E-state index contributed by atoms with van der Waals surface area (Å²) in [6, 6.07) is 15.7. The molecule has 0 saturated heterocycles. The van der Waals surface area contributed by atoms with Gasteiger partial charge in [-0.05, 0) is 73.0 Å². The number of hydrogen-bond donors (Lipinski definition) is 1. The molecule has 0 unspecified atom stereocenters. The summed E-state index contributed by atoms with van der Waals surface area (Å²) in [5, 5.41) is 4.82. The average Bonchev–Trinajstić information content (AvgIpc) is 2.74. The van der Waals surface area contributed by atoms with Crippen molar-refractivity contribution in [3.8, 4) is 11.5 Å². The van der Waals surface area contributed by atoms with Gasteiger partial charge in [0.25, 0.3) is 0 Å². The van der Waals surface area contributed by atoms with E-state index in [0.29, 0.717) is 39.7 Å². The summed E-state index contributed by atoms with van der Waals surface area (Å²) in [4.78, 5) is 0. The molecule has 3 aromatic carbocycles. The van der Waals surface area contributed by atoms with Crippen LogP contribution in [-0.4, -0.2) is 13.2 Å². The Balaban J connectivity index is 1.61. The molecular weight excluding hydrogens is 460 g/mol. The Hall–Kier alpha value is -1.98. The number of hydrogen-bond acceptors (Lipinski definition) is 3. The number of nitrogens with one attached hydrogen (secondary N) is 1. The normalized spacial score (nSPS) is 10.9. The number of benzene rings is 3. The Morgan fingerprint density at radius 2 is 1.52 bits per heavy atom. The van der Waals surface area contributed by atoms with Gasteiger partial charge in [-0.1, -0.05) is 53.0 Å². The molecule has 0 spiro atoms. The van der Waals surface area contributed by atoms with Crippen molar-refractivity contribution in [2.75, 3.05) is 13.2 Å². The molecular formula is C24H23Cl3FNO2. The SMILES string of the molecule is CCOc1cc(CNCCc2ccc(F)cc2)cc(Cl)c1OCc1ccc(Cl)c(Cl)c1. The first kappa shape index (κ1) is 23.7. The van der Waals surface area contributed by atoms with Crippen LogP contribution in [-0.2, 0) is 19.6 Å². The van der Waals surface area contributed by atoms with E-state index in [0.717, 1.165) is 29.7 Å². The summed E-state index contributed by atoms with van der Waals surface area (Å²) in [5.41, 5.74) is 2.93. The second-order valence-corrected chi connectivity index (χ2v) is 8.15. The van der Waals surface area contributed by atoms with Gasteiger partial charge < -0.3 is 14.8 Å². The monoisotopic (exact) mass is 481 g/mol. The highest BCUT2D eigenvalue weighted by Gasteiger charge is 2.13. The zero-order chi connectivity index (χ0) is 22.2. The van der Waals surface area contributed by atoms with Crippen LogP contribution in [0.2, 0.25) is 15.1 Å². The van der Waals surface area contributed by atoms with Crippen LogP contribution in [0.3, 0.4) is 0 Å². The van der Waals surface area contributed by atoms with Gasteiger partial charge >= 0.3 is 0 Å². The predicted octanol–water partition coefficient (Wildman–Crippen LogP) is 7.10. The topological polar surface area (TPSA) is 30.5 Å². The summed E-state index contributed by atoms with van der Waals surface area (Å²) < 4.78 is 24.7. The van der Waals surface area contributed by atoms with Gasteiger partial charge in [0.1, 0.15) is 12.4 Å². The molecule has 0 fully saturated rings. The summed E-state index contributed by atoms with van der Waals surface area (Å²) in [6.45, 7) is 4.05. The van der Waals surface area contributed by atoms with Crippen LogP contribution in [0.4, 0.5) is 4.39 Å². The first-order valence-electron chi connectivity index (χ1n) is 9.93. The molecule has 0 aliphatic rings. The Bertz CT molecular complexity index is 1010. The Kier molecular flexibility index (Phi) is 8.85. The lowest BCUT2D eigenvalue weighted by molar-refractivity contribution is 0.269. The molecule has 31 heavy (non-hydrogen) atoms. The molecule has 164 valence electrons. The summed E-state index contributed by atoms with van der Waals surface area (Å²) in [7, 11) is 0. The smallest absolute Gasteiger partial charge is 0.180 e. The van der Waals surface area contributed by atoms with Crippen LogP contribution in [0.25, 0.3) is 0 Å². The molecule has 0 heterocycles. The third kappa shape index (κ3) is 7.01. The van der Waals surface area contributed by atoms with Gasteiger partial charge in [-0.2, -0.15) is 0 Å². The van der Waals surface area contributed by atoms with Crippen molar-refractivity contribution in [3.63, 3.8) is 0 Å². The third-order valence-corrected chi connectivity index (χ3v) is 5.59. The molecule has 3 nitrogen and oxygen atoms in total. The average molecular weight is 483 g/mol. The molecule has 0 saturated carbocycles. The number of rotatable bonds is 10. The van der Waals surface area contributed by atoms with E-state index in [1.165, 1.54) is 12.1 Å². The Morgan fingerprint density at radius 1 is 0.806 bits per heavy atom. The van der Waals surface area contributed by atoms with Gasteiger partial charge in [-0.25, -0.2) is 4.39 Å². The molecule has 7 heteroatoms. The van der Waals surface area contributed by atoms with Crippen LogP contribution in [0, 0.1) is 5.82 Å². The molecule has 0 aliphatic heterocycles. The first-order chi connectivity index (χ1) is 15.0. The lowest BCUT2D eigenvalue weighted by Crippen LogP contribution is -2.17. The second-order valence-electron chi connectivity index (χ2n) is 6.93. The van der Waals surface area contributed by atoms with Gasteiger partial charge in [0, 0.05) is 6.54 Å². The number of ether oxygens (including phenoxy) is 2. The summed E-state index contributed by atoms with van der Waals surface area (Å²) in [6.07, 6.45) is 0.803. The van der Waals surface area contributed by atoms with Crippen LogP contribution in [0.1, 0.15) is 23.6 Å². The molecule has 0 amide bonds. The molecule has 0 aliphatic carbocycles. The molecule has 0 bridgehead atoms. The fourth-order valence-electron chi connectivity index (χ4n) is 3.03. The standard InChI is InChI=1S/C24H23Cl3FNO2/c1-2-30-23-13-18(14-29-10-9-16-3-6-19(28)7-4-16)12-22(27)24(23)31-15-17-5-8-20(25)21(26)11-17/h3-8,11-13,29H,2,9-10,14-15H2,1H3. The summed E-state index contributed by atoms with van der Waals surface area (Å²) in [5.74, 6) is 0.853. The van der Waals surface area contributed by atoms with Crippen molar-refractivity contribution in [2.45, 2.75) is 26.5 Å². The van der Waals surface area contributed by atoms with Crippen molar-refractivity contribution in [2.24, 2.45) is 0 Å². The maximum absolute atomic E-state index is 13.0. The van der Waals surface area contributed by atoms with E-state index < -0.39 is 0 Å². The van der Waals surface area contributed by atoms with E-state index in [9.17, 15) is 4.39 Å². The largest absolute Gasteiger partial charge is 0.490 e. The van der Waals surface area contributed by atoms with Gasteiger partial charge in [-0.15, -0.1) is 0 Å². The second kappa shape index (κ2) is 11.6. The highest BCUT2D eigenvalue weighted by Crippen LogP contribution is 2.37. The highest BCUT2D eigenvalue weighted by atomic mass is 35.5. The van der Waals surface area contributed by atoms with E-state index in [-0.39, 0.29) is 12.4 Å². The van der Waals surface area contributed by atoms with Gasteiger partial charge in [0.15, 0.2) is 11.5 Å². The van der Waals surface area contributed by atoms with E-state index in [1.807, 2.05) is 25.1 Å². The van der Waals surface area contributed by atoms with Crippen molar-refractivity contribution in [1.29, 1.82) is 0 Å². The van der Waals surface area contributed by atoms with Crippen LogP contribution < -0.4 is 14.8 Å². The minimum Gasteiger partial charge on any atom is -0.490 e. The molecule has 1 N–H and O–H groups in total. The highest BCUT2D eigenvalue weighted by molar-refractivity contribution is 6.42. The Labute approximate surface area is 197 Å². The lowest BCUT2D eigenvalue weighted by atomic mass is 10.1. The molecule has 0 radical (unpaired) electrons. The molecule has 0 aromatic heterocycles. The number of halogens is 4. The zero-order valence-corrected chi connectivity index (χ0v) is 19.3. The van der Waals surface area contributed by atoms with Crippen LogP contribution >= 0.6 is 34.8 Å². The summed E-state index contributed by atoms with van der Waals surface area (Å²) >= 11 is 18.5. The van der Waals surface area contributed by atoms with Crippen molar-refractivity contribution >= 4 is 34.8 Å². The third-order valence-electron chi connectivity index (χ3n) is 4.57. The van der Waals surface area contributed by atoms with Crippen molar-refractivity contribution in [1.82, 2.24) is 5.32 Å². The van der Waals surface area contributed by atoms with Gasteiger partial charge in [0.05, 0.1) is 21.7 Å². The van der Waals surface area contributed by atoms with Crippen molar-refractivity contribution < 1.29 is 13.9 Å². The fourth-order valence-corrected chi connectivity index (χ4v) is 3.64. The van der Waals surface area contributed by atoms with Crippen LogP contribution in [0.5, 0.6) is 11.5 Å². The molecule has 3 rings (SSSR count). The zero-order valence-electron chi connectivity index (χ0n) is 17.1. The maximum atomic E-state index is 13.0. The maximum Gasteiger partial charge on any atom is 0.180 e. The van der Waals surface area contributed by atoms with Crippen molar-refractivity contribution in [3.05, 3.63) is 92.2 Å². The first-order valence-corrected chi connectivity index (χ1v) is 11.1. The van der Waals surface area contributed by atoms with E-state index in [2.05, 4.69) is 5.32 Å². The van der Waals surface area contributed by atoms with Gasteiger partial charge in [-0.3, -0.25) is 0 Å². The Morgan fingerprint density at radius 3 is 2.23 bits per heavy atom. The minimum atomic E-state index is -0.226. The quantitative estimate of drug-likeness (QED) is 0.313. The molecule has 3 aromatic rings. The lowest BCUT2D eigenvalue weighted by Gasteiger charge is -2.16. The van der Waals surface area contributed by atoms with Crippen LogP contribution in [0.15, 0.2) is 54.6 Å². The van der Waals surface area contributed by atoms with E-state index in [4.69, 9.17) is 44.3 Å². The van der Waals surface area contributed by atoms with E-state index >= 15 is 0 Å². The fraction of sp³-hybridized carbons (Fsp3) is 0.250.